The Morgan fingerprint density at radius 3 is 2.69 bits per heavy atom. The van der Waals surface area contributed by atoms with Gasteiger partial charge in [0, 0.05) is 5.69 Å². The lowest BCUT2D eigenvalue weighted by Crippen LogP contribution is -2.35. The molecule has 1 aromatic heterocycles. The SMILES string of the molecule is COc1ccc(NC(=O)NC(=O)CSc2nc3ccc(C)cc3[nH]2)cc1. The van der Waals surface area contributed by atoms with E-state index in [0.717, 1.165) is 16.6 Å². The Morgan fingerprint density at radius 2 is 1.96 bits per heavy atom. The average molecular weight is 370 g/mol. The molecule has 0 aliphatic rings. The van der Waals surface area contributed by atoms with Gasteiger partial charge >= 0.3 is 6.03 Å². The summed E-state index contributed by atoms with van der Waals surface area (Å²) in [6, 6.07) is 12.1. The first-order valence-electron chi connectivity index (χ1n) is 7.87. The number of thioether (sulfide) groups is 1. The number of imidazole rings is 1. The van der Waals surface area contributed by atoms with E-state index in [1.807, 2.05) is 25.1 Å². The normalized spacial score (nSPS) is 10.5. The summed E-state index contributed by atoms with van der Waals surface area (Å²) >= 11 is 1.24. The first-order valence-corrected chi connectivity index (χ1v) is 8.86. The lowest BCUT2D eigenvalue weighted by molar-refractivity contribution is -0.117. The summed E-state index contributed by atoms with van der Waals surface area (Å²) in [5.41, 5.74) is 3.46. The third-order valence-electron chi connectivity index (χ3n) is 3.56. The fourth-order valence-electron chi connectivity index (χ4n) is 2.30. The summed E-state index contributed by atoms with van der Waals surface area (Å²) in [6.07, 6.45) is 0. The Hall–Kier alpha value is -3.00. The fraction of sp³-hybridized carbons (Fsp3) is 0.167. The number of nitrogens with one attached hydrogen (secondary N) is 3. The molecule has 0 saturated carbocycles. The van der Waals surface area contributed by atoms with E-state index in [1.54, 1.807) is 31.4 Å². The number of carbonyl (C=O) groups excluding carboxylic acids is 2. The third kappa shape index (κ3) is 4.54. The number of nitrogens with zero attached hydrogens (tertiary/aromatic N) is 1. The molecule has 0 atom stereocenters. The minimum Gasteiger partial charge on any atom is -0.497 e. The van der Waals surface area contributed by atoms with E-state index in [0.29, 0.717) is 16.6 Å². The Balaban J connectivity index is 1.50. The maximum atomic E-state index is 11.9. The van der Waals surface area contributed by atoms with Crippen molar-refractivity contribution in [3.63, 3.8) is 0 Å². The van der Waals surface area contributed by atoms with Crippen molar-refractivity contribution in [2.24, 2.45) is 0 Å². The van der Waals surface area contributed by atoms with Gasteiger partial charge in [0.05, 0.1) is 23.9 Å². The lowest BCUT2D eigenvalue weighted by atomic mass is 10.2. The van der Waals surface area contributed by atoms with E-state index >= 15 is 0 Å². The fourth-order valence-corrected chi connectivity index (χ4v) is 2.99. The Kier molecular flexibility index (Phi) is 5.43. The van der Waals surface area contributed by atoms with E-state index in [1.165, 1.54) is 11.8 Å². The highest BCUT2D eigenvalue weighted by Crippen LogP contribution is 2.20. The van der Waals surface area contributed by atoms with Crippen LogP contribution in [0.1, 0.15) is 5.56 Å². The zero-order valence-electron chi connectivity index (χ0n) is 14.3. The highest BCUT2D eigenvalue weighted by atomic mass is 32.2. The molecule has 0 unspecified atom stereocenters. The maximum Gasteiger partial charge on any atom is 0.325 e. The highest BCUT2D eigenvalue weighted by molar-refractivity contribution is 7.99. The number of benzene rings is 2. The minimum atomic E-state index is -0.582. The van der Waals surface area contributed by atoms with Crippen molar-refractivity contribution in [1.29, 1.82) is 0 Å². The van der Waals surface area contributed by atoms with Gasteiger partial charge in [0.15, 0.2) is 5.16 Å². The second kappa shape index (κ2) is 7.92. The molecule has 134 valence electrons. The van der Waals surface area contributed by atoms with Crippen LogP contribution in [0.4, 0.5) is 10.5 Å². The van der Waals surface area contributed by atoms with Crippen molar-refractivity contribution in [2.45, 2.75) is 12.1 Å². The van der Waals surface area contributed by atoms with Crippen LogP contribution in [-0.4, -0.2) is 34.8 Å². The van der Waals surface area contributed by atoms with Gasteiger partial charge in [-0.2, -0.15) is 0 Å². The second-order valence-corrected chi connectivity index (χ2v) is 6.55. The average Bonchev–Trinajstić information content (AvgIpc) is 3.02. The number of hydrogen-bond donors (Lipinski definition) is 3. The topological polar surface area (TPSA) is 96.1 Å². The van der Waals surface area contributed by atoms with Crippen LogP contribution in [0.15, 0.2) is 47.6 Å². The minimum absolute atomic E-state index is 0.0782. The molecule has 7 nitrogen and oxygen atoms in total. The summed E-state index contributed by atoms with van der Waals surface area (Å²) < 4.78 is 5.05. The number of H-pyrrole nitrogens is 1. The monoisotopic (exact) mass is 370 g/mol. The number of aromatic amines is 1. The molecule has 0 saturated heterocycles. The van der Waals surface area contributed by atoms with E-state index in [2.05, 4.69) is 20.6 Å². The van der Waals surface area contributed by atoms with Crippen LogP contribution in [0, 0.1) is 6.92 Å². The van der Waals surface area contributed by atoms with Crippen molar-refractivity contribution in [2.75, 3.05) is 18.2 Å². The van der Waals surface area contributed by atoms with Gasteiger partial charge in [-0.15, -0.1) is 0 Å². The number of hydrogen-bond acceptors (Lipinski definition) is 5. The van der Waals surface area contributed by atoms with Gasteiger partial charge in [-0.05, 0) is 48.9 Å². The first-order chi connectivity index (χ1) is 12.5. The summed E-state index contributed by atoms with van der Waals surface area (Å²) in [6.45, 7) is 2.00. The number of rotatable bonds is 5. The van der Waals surface area contributed by atoms with Gasteiger partial charge in [0.25, 0.3) is 0 Å². The van der Waals surface area contributed by atoms with Crippen LogP contribution in [0.25, 0.3) is 11.0 Å². The number of amides is 3. The predicted octanol–water partition coefficient (Wildman–Crippen LogP) is 3.32. The number of ether oxygens (including phenoxy) is 1. The Labute approximate surface area is 154 Å². The summed E-state index contributed by atoms with van der Waals surface area (Å²) in [4.78, 5) is 31.4. The molecule has 2 aromatic carbocycles. The molecule has 3 amide bonds. The molecule has 3 rings (SSSR count). The molecule has 8 heteroatoms. The number of anilines is 1. The molecule has 0 aliphatic heterocycles. The molecule has 1 heterocycles. The van der Waals surface area contributed by atoms with Crippen molar-refractivity contribution < 1.29 is 14.3 Å². The van der Waals surface area contributed by atoms with Crippen molar-refractivity contribution in [3.8, 4) is 5.75 Å². The predicted molar refractivity (Wildman–Crippen MR) is 102 cm³/mol. The quantitative estimate of drug-likeness (QED) is 0.599. The number of imide groups is 1. The second-order valence-electron chi connectivity index (χ2n) is 5.58. The Morgan fingerprint density at radius 1 is 1.19 bits per heavy atom. The van der Waals surface area contributed by atoms with E-state index in [4.69, 9.17) is 4.74 Å². The van der Waals surface area contributed by atoms with Gasteiger partial charge in [-0.25, -0.2) is 9.78 Å². The lowest BCUT2D eigenvalue weighted by Gasteiger charge is -2.07. The molecule has 3 N–H and O–H groups in total. The summed E-state index contributed by atoms with van der Waals surface area (Å²) in [5.74, 6) is 0.358. The number of aryl methyl sites for hydroxylation is 1. The number of aromatic nitrogens is 2. The molecular formula is C18H18N4O3S. The largest absolute Gasteiger partial charge is 0.497 e. The van der Waals surface area contributed by atoms with Gasteiger partial charge in [0.1, 0.15) is 5.75 Å². The molecule has 0 fully saturated rings. The van der Waals surface area contributed by atoms with Crippen LogP contribution in [0.5, 0.6) is 5.75 Å². The van der Waals surface area contributed by atoms with E-state index < -0.39 is 11.9 Å². The number of fused-ring (bicyclic) bond motifs is 1. The van der Waals surface area contributed by atoms with Gasteiger partial charge in [-0.1, -0.05) is 17.8 Å². The van der Waals surface area contributed by atoms with Gasteiger partial charge in [0.2, 0.25) is 5.91 Å². The number of urea groups is 1. The summed E-state index contributed by atoms with van der Waals surface area (Å²) in [5, 5.41) is 5.51. The van der Waals surface area contributed by atoms with Crippen molar-refractivity contribution in [3.05, 3.63) is 48.0 Å². The van der Waals surface area contributed by atoms with Crippen LogP contribution >= 0.6 is 11.8 Å². The molecule has 0 aliphatic carbocycles. The zero-order valence-corrected chi connectivity index (χ0v) is 15.1. The smallest absolute Gasteiger partial charge is 0.325 e. The maximum absolute atomic E-state index is 11.9. The van der Waals surface area contributed by atoms with Crippen LogP contribution in [-0.2, 0) is 4.79 Å². The molecule has 0 radical (unpaired) electrons. The molecule has 0 spiro atoms. The van der Waals surface area contributed by atoms with Crippen LogP contribution in [0.3, 0.4) is 0 Å². The Bertz CT molecular complexity index is 937. The van der Waals surface area contributed by atoms with E-state index in [-0.39, 0.29) is 5.75 Å². The number of carbonyl (C=O) groups is 2. The van der Waals surface area contributed by atoms with Crippen molar-refractivity contribution in [1.82, 2.24) is 15.3 Å². The van der Waals surface area contributed by atoms with Gasteiger partial charge < -0.3 is 15.0 Å². The number of methoxy groups -OCH3 is 1. The molecule has 3 aromatic rings. The van der Waals surface area contributed by atoms with E-state index in [9.17, 15) is 9.59 Å². The molecular weight excluding hydrogens is 352 g/mol. The standard InChI is InChI=1S/C18H18N4O3S/c1-11-3-8-14-15(9-11)21-18(20-14)26-10-16(23)22-17(24)19-12-4-6-13(25-2)7-5-12/h3-9H,10H2,1-2H3,(H,20,21)(H2,19,22,23,24). The first kappa shape index (κ1) is 17.8. The summed E-state index contributed by atoms with van der Waals surface area (Å²) in [7, 11) is 1.56. The third-order valence-corrected chi connectivity index (χ3v) is 4.43. The van der Waals surface area contributed by atoms with Crippen LogP contribution in [0.2, 0.25) is 0 Å². The highest BCUT2D eigenvalue weighted by Gasteiger charge is 2.11. The zero-order chi connectivity index (χ0) is 18.5. The molecule has 26 heavy (non-hydrogen) atoms. The van der Waals surface area contributed by atoms with Crippen LogP contribution < -0.4 is 15.4 Å². The van der Waals surface area contributed by atoms with Gasteiger partial charge in [-0.3, -0.25) is 10.1 Å². The molecule has 0 bridgehead atoms. The van der Waals surface area contributed by atoms with Crippen molar-refractivity contribution >= 4 is 40.4 Å².